The Kier molecular flexibility index (Phi) is 5.11. The number of hydrogen-bond acceptors (Lipinski definition) is 2. The van der Waals surface area contributed by atoms with E-state index in [4.69, 9.17) is 0 Å². The lowest BCUT2D eigenvalue weighted by atomic mass is 9.99. The van der Waals surface area contributed by atoms with Crippen molar-refractivity contribution in [3.8, 4) is 0 Å². The van der Waals surface area contributed by atoms with E-state index in [0.29, 0.717) is 6.04 Å². The summed E-state index contributed by atoms with van der Waals surface area (Å²) in [5.74, 6) is 0. The average molecular weight is 319 g/mol. The highest BCUT2D eigenvalue weighted by atomic mass is 79.9. The number of aromatic nitrogens is 1. The minimum atomic E-state index is 0.303. The number of likely N-dealkylation sites (N-methyl/N-ethyl adjacent to an activating group) is 1. The third-order valence-electron chi connectivity index (χ3n) is 3.14. The number of nitrogens with one attached hydrogen (secondary N) is 1. The Morgan fingerprint density at radius 1 is 1.21 bits per heavy atom. The Hall–Kier alpha value is -1.19. The molecule has 0 aliphatic rings. The number of benzene rings is 1. The lowest BCUT2D eigenvalue weighted by molar-refractivity contribution is 0.548. The number of rotatable bonds is 5. The van der Waals surface area contributed by atoms with E-state index >= 15 is 0 Å². The van der Waals surface area contributed by atoms with Crippen LogP contribution in [0.25, 0.3) is 0 Å². The maximum Gasteiger partial charge on any atom is 0.0410 e. The quantitative estimate of drug-likeness (QED) is 0.899. The lowest BCUT2D eigenvalue weighted by Gasteiger charge is -2.18. The van der Waals surface area contributed by atoms with Gasteiger partial charge in [-0.1, -0.05) is 36.8 Å². The Morgan fingerprint density at radius 2 is 1.95 bits per heavy atom. The van der Waals surface area contributed by atoms with Crippen LogP contribution in [0.15, 0.2) is 47.2 Å². The summed E-state index contributed by atoms with van der Waals surface area (Å²) in [5.41, 5.74) is 3.86. The van der Waals surface area contributed by atoms with Crippen molar-refractivity contribution in [2.45, 2.75) is 26.3 Å². The molecule has 0 amide bonds. The minimum Gasteiger partial charge on any atom is -0.310 e. The highest BCUT2D eigenvalue weighted by Gasteiger charge is 2.11. The molecule has 0 spiro atoms. The Bertz CT molecular complexity index is 523. The van der Waals surface area contributed by atoms with Crippen molar-refractivity contribution in [3.05, 3.63) is 63.9 Å². The van der Waals surface area contributed by atoms with Crippen LogP contribution < -0.4 is 5.32 Å². The zero-order chi connectivity index (χ0) is 13.7. The van der Waals surface area contributed by atoms with E-state index < -0.39 is 0 Å². The van der Waals surface area contributed by atoms with Crippen molar-refractivity contribution in [1.82, 2.24) is 10.3 Å². The fourth-order valence-corrected chi connectivity index (χ4v) is 2.52. The number of hydrogen-bond donors (Lipinski definition) is 1. The molecule has 1 N–H and O–H groups in total. The van der Waals surface area contributed by atoms with Gasteiger partial charge in [-0.25, -0.2) is 0 Å². The second kappa shape index (κ2) is 6.83. The molecule has 0 saturated carbocycles. The van der Waals surface area contributed by atoms with Gasteiger partial charge >= 0.3 is 0 Å². The molecule has 0 aliphatic carbocycles. The molecule has 0 bridgehead atoms. The molecule has 1 aromatic heterocycles. The molecule has 2 rings (SSSR count). The van der Waals surface area contributed by atoms with Gasteiger partial charge < -0.3 is 5.32 Å². The molecule has 1 unspecified atom stereocenters. The Morgan fingerprint density at radius 3 is 2.58 bits per heavy atom. The second-order valence-electron chi connectivity index (χ2n) is 4.74. The predicted octanol–water partition coefficient (Wildman–Crippen LogP) is 4.05. The summed E-state index contributed by atoms with van der Waals surface area (Å²) < 4.78 is 1.02. The number of pyridine rings is 1. The zero-order valence-electron chi connectivity index (χ0n) is 11.4. The average Bonchev–Trinajstić information content (AvgIpc) is 2.41. The molecule has 0 radical (unpaired) electrons. The summed E-state index contributed by atoms with van der Waals surface area (Å²) in [6, 6.07) is 11.2. The lowest BCUT2D eigenvalue weighted by Crippen LogP contribution is -2.23. The molecule has 2 aromatic rings. The summed E-state index contributed by atoms with van der Waals surface area (Å²) in [4.78, 5) is 4.26. The van der Waals surface area contributed by atoms with Gasteiger partial charge in [0.2, 0.25) is 0 Å². The van der Waals surface area contributed by atoms with Crippen molar-refractivity contribution in [1.29, 1.82) is 0 Å². The van der Waals surface area contributed by atoms with Crippen LogP contribution in [0.5, 0.6) is 0 Å². The molecule has 0 saturated heterocycles. The summed E-state index contributed by atoms with van der Waals surface area (Å²) in [6.45, 7) is 5.19. The SMILES string of the molecule is CCNC(Cc1ccc(C)cc1)c1cncc(Br)c1. The highest BCUT2D eigenvalue weighted by Crippen LogP contribution is 2.21. The first kappa shape index (κ1) is 14.2. The van der Waals surface area contributed by atoms with E-state index in [2.05, 4.69) is 70.4 Å². The Balaban J connectivity index is 2.18. The van der Waals surface area contributed by atoms with Crippen molar-refractivity contribution in [2.75, 3.05) is 6.54 Å². The van der Waals surface area contributed by atoms with Crippen LogP contribution >= 0.6 is 15.9 Å². The van der Waals surface area contributed by atoms with Gasteiger partial charge in [-0.05, 0) is 53.0 Å². The smallest absolute Gasteiger partial charge is 0.0410 e. The number of nitrogens with zero attached hydrogens (tertiary/aromatic N) is 1. The normalized spacial score (nSPS) is 12.4. The number of aryl methyl sites for hydroxylation is 1. The molecule has 19 heavy (non-hydrogen) atoms. The third-order valence-corrected chi connectivity index (χ3v) is 3.57. The van der Waals surface area contributed by atoms with Crippen LogP contribution in [0.2, 0.25) is 0 Å². The molecular weight excluding hydrogens is 300 g/mol. The Labute approximate surface area is 123 Å². The van der Waals surface area contributed by atoms with Gasteiger partial charge in [-0.3, -0.25) is 4.98 Å². The predicted molar refractivity (Wildman–Crippen MR) is 83.2 cm³/mol. The maximum atomic E-state index is 4.26. The van der Waals surface area contributed by atoms with Crippen LogP contribution in [0.3, 0.4) is 0 Å². The second-order valence-corrected chi connectivity index (χ2v) is 5.65. The first-order valence-electron chi connectivity index (χ1n) is 6.58. The molecule has 2 nitrogen and oxygen atoms in total. The summed E-state index contributed by atoms with van der Waals surface area (Å²) in [7, 11) is 0. The monoisotopic (exact) mass is 318 g/mol. The molecule has 100 valence electrons. The highest BCUT2D eigenvalue weighted by molar-refractivity contribution is 9.10. The van der Waals surface area contributed by atoms with E-state index in [0.717, 1.165) is 17.4 Å². The fourth-order valence-electron chi connectivity index (χ4n) is 2.13. The minimum absolute atomic E-state index is 0.303. The van der Waals surface area contributed by atoms with Crippen molar-refractivity contribution >= 4 is 15.9 Å². The van der Waals surface area contributed by atoms with Gasteiger partial charge in [-0.15, -0.1) is 0 Å². The van der Waals surface area contributed by atoms with Crippen molar-refractivity contribution in [2.24, 2.45) is 0 Å². The fraction of sp³-hybridized carbons (Fsp3) is 0.312. The third kappa shape index (κ3) is 4.15. The van der Waals surface area contributed by atoms with Gasteiger partial charge in [0.25, 0.3) is 0 Å². The van der Waals surface area contributed by atoms with E-state index in [1.807, 2.05) is 12.4 Å². The summed E-state index contributed by atoms with van der Waals surface area (Å²) >= 11 is 3.49. The van der Waals surface area contributed by atoms with Gasteiger partial charge in [-0.2, -0.15) is 0 Å². The zero-order valence-corrected chi connectivity index (χ0v) is 12.9. The summed E-state index contributed by atoms with van der Waals surface area (Å²) in [6.07, 6.45) is 4.73. The molecule has 0 fully saturated rings. The molecule has 1 aromatic carbocycles. The van der Waals surface area contributed by atoms with Crippen LogP contribution in [0.1, 0.15) is 29.7 Å². The van der Waals surface area contributed by atoms with Gasteiger partial charge in [0.15, 0.2) is 0 Å². The summed E-state index contributed by atoms with van der Waals surface area (Å²) in [5, 5.41) is 3.53. The number of halogens is 1. The van der Waals surface area contributed by atoms with Gasteiger partial charge in [0, 0.05) is 22.9 Å². The molecule has 3 heteroatoms. The maximum absolute atomic E-state index is 4.26. The molecular formula is C16H19BrN2. The van der Waals surface area contributed by atoms with Crippen LogP contribution in [0, 0.1) is 6.92 Å². The largest absolute Gasteiger partial charge is 0.310 e. The molecule has 1 atom stereocenters. The van der Waals surface area contributed by atoms with Crippen LogP contribution in [-0.4, -0.2) is 11.5 Å². The standard InChI is InChI=1S/C16H19BrN2/c1-3-19-16(14-9-15(17)11-18-10-14)8-13-6-4-12(2)5-7-13/h4-7,9-11,16,19H,3,8H2,1-2H3. The molecule has 0 aliphatic heterocycles. The van der Waals surface area contributed by atoms with Gasteiger partial charge in [0.1, 0.15) is 0 Å². The van der Waals surface area contributed by atoms with Crippen LogP contribution in [0.4, 0.5) is 0 Å². The topological polar surface area (TPSA) is 24.9 Å². The first-order chi connectivity index (χ1) is 9.19. The van der Waals surface area contributed by atoms with Gasteiger partial charge in [0.05, 0.1) is 0 Å². The van der Waals surface area contributed by atoms with E-state index in [1.165, 1.54) is 16.7 Å². The van der Waals surface area contributed by atoms with Crippen LogP contribution in [-0.2, 0) is 6.42 Å². The molecule has 1 heterocycles. The van der Waals surface area contributed by atoms with E-state index in [1.54, 1.807) is 0 Å². The van der Waals surface area contributed by atoms with Crippen molar-refractivity contribution < 1.29 is 0 Å². The van der Waals surface area contributed by atoms with Crippen molar-refractivity contribution in [3.63, 3.8) is 0 Å². The first-order valence-corrected chi connectivity index (χ1v) is 7.37. The van der Waals surface area contributed by atoms with E-state index in [9.17, 15) is 0 Å². The van der Waals surface area contributed by atoms with E-state index in [-0.39, 0.29) is 0 Å².